The quantitative estimate of drug-likeness (QED) is 0.329. The van der Waals surface area contributed by atoms with E-state index in [9.17, 15) is 4.79 Å². The fourth-order valence-electron chi connectivity index (χ4n) is 3.30. The first-order chi connectivity index (χ1) is 13.5. The molecule has 0 radical (unpaired) electrons. The molecule has 0 spiro atoms. The summed E-state index contributed by atoms with van der Waals surface area (Å²) in [6, 6.07) is 0.301. The summed E-state index contributed by atoms with van der Waals surface area (Å²) in [5, 5.41) is 7.96. The zero-order valence-electron chi connectivity index (χ0n) is 19.7. The van der Waals surface area contributed by atoms with Crippen LogP contribution in [0.5, 0.6) is 0 Å². The van der Waals surface area contributed by atoms with E-state index in [2.05, 4.69) is 40.4 Å². The molecule has 0 bridgehead atoms. The molecule has 1 aromatic rings. The molecule has 0 saturated heterocycles. The highest BCUT2D eigenvalue weighted by atomic mass is 127. The van der Waals surface area contributed by atoms with Gasteiger partial charge in [-0.3, -0.25) is 9.67 Å². The summed E-state index contributed by atoms with van der Waals surface area (Å²) in [4.78, 5) is 20.8. The van der Waals surface area contributed by atoms with Gasteiger partial charge in [-0.1, -0.05) is 13.8 Å². The maximum absolute atomic E-state index is 12.5. The molecule has 2 rings (SSSR count). The number of guanidine groups is 1. The van der Waals surface area contributed by atoms with Gasteiger partial charge in [0, 0.05) is 58.6 Å². The molecule has 1 heterocycles. The highest BCUT2D eigenvalue weighted by Gasteiger charge is 2.34. The Bertz CT molecular complexity index is 722. The van der Waals surface area contributed by atoms with Gasteiger partial charge in [0.05, 0.1) is 5.69 Å². The smallest absolute Gasteiger partial charge is 0.410 e. The van der Waals surface area contributed by atoms with Crippen LogP contribution in [0, 0.1) is 0 Å². The molecule has 0 atom stereocenters. The van der Waals surface area contributed by atoms with Gasteiger partial charge < -0.3 is 19.9 Å². The molecule has 1 N–H and O–H groups in total. The van der Waals surface area contributed by atoms with Crippen molar-refractivity contribution in [2.45, 2.75) is 71.6 Å². The average Bonchev–Trinajstić information content (AvgIpc) is 3.35. The van der Waals surface area contributed by atoms with Crippen LogP contribution in [0.1, 0.15) is 64.6 Å². The van der Waals surface area contributed by atoms with Gasteiger partial charge in [-0.15, -0.1) is 24.0 Å². The molecule has 0 aromatic carbocycles. The Morgan fingerprint density at radius 3 is 2.53 bits per heavy atom. The molecule has 0 unspecified atom stereocenters. The molecule has 8 nitrogen and oxygen atoms in total. The van der Waals surface area contributed by atoms with E-state index in [1.54, 1.807) is 7.05 Å². The number of aryl methyl sites for hydroxylation is 1. The molecule has 1 aliphatic rings. The Morgan fingerprint density at radius 2 is 2.03 bits per heavy atom. The lowest BCUT2D eigenvalue weighted by Gasteiger charge is -2.28. The number of hydrogen-bond acceptors (Lipinski definition) is 4. The van der Waals surface area contributed by atoms with E-state index in [4.69, 9.17) is 4.74 Å². The highest BCUT2D eigenvalue weighted by molar-refractivity contribution is 14.0. The molecule has 1 fully saturated rings. The van der Waals surface area contributed by atoms with Crippen LogP contribution in [-0.4, -0.2) is 70.5 Å². The third-order valence-corrected chi connectivity index (χ3v) is 4.72. The van der Waals surface area contributed by atoms with Crippen molar-refractivity contribution in [2.24, 2.45) is 12.0 Å². The second-order valence-electron chi connectivity index (χ2n) is 9.10. The minimum Gasteiger partial charge on any atom is -0.444 e. The number of carbonyl (C=O) groups is 1. The van der Waals surface area contributed by atoms with Crippen LogP contribution >= 0.6 is 24.0 Å². The average molecular weight is 534 g/mol. The summed E-state index contributed by atoms with van der Waals surface area (Å²) >= 11 is 0. The Hall–Kier alpha value is -1.52. The van der Waals surface area contributed by atoms with Crippen molar-refractivity contribution in [3.63, 3.8) is 0 Å². The third kappa shape index (κ3) is 7.96. The van der Waals surface area contributed by atoms with Crippen LogP contribution in [-0.2, 0) is 18.3 Å². The number of nitrogens with one attached hydrogen (secondary N) is 1. The third-order valence-electron chi connectivity index (χ3n) is 4.72. The summed E-state index contributed by atoms with van der Waals surface area (Å²) in [6.45, 7) is 11.9. The number of aromatic nitrogens is 2. The van der Waals surface area contributed by atoms with Crippen LogP contribution in [0.2, 0.25) is 0 Å². The number of rotatable bonds is 7. The lowest BCUT2D eigenvalue weighted by atomic mass is 10.1. The Morgan fingerprint density at radius 1 is 1.40 bits per heavy atom. The van der Waals surface area contributed by atoms with E-state index in [0.717, 1.165) is 31.0 Å². The molecular formula is C21H39IN6O2. The highest BCUT2D eigenvalue weighted by Crippen LogP contribution is 2.28. The van der Waals surface area contributed by atoms with Crippen molar-refractivity contribution in [3.05, 3.63) is 17.5 Å². The molecule has 172 valence electrons. The Labute approximate surface area is 198 Å². The number of hydrogen-bond donors (Lipinski definition) is 1. The van der Waals surface area contributed by atoms with Crippen LogP contribution in [0.4, 0.5) is 4.79 Å². The molecule has 1 aliphatic carbocycles. The van der Waals surface area contributed by atoms with Gasteiger partial charge in [-0.25, -0.2) is 4.79 Å². The standard InChI is InChI=1S/C21H38N6O2.HI/c1-15(2)18-16(14-26(8)24-18)13-25(7)19(22-6)23-11-12-27(17-9-10-17)20(28)29-21(3,4)5;/h14-15,17H,9-13H2,1-8H3,(H,22,23);1H. The summed E-state index contributed by atoms with van der Waals surface area (Å²) in [6.07, 6.45) is 3.93. The zero-order chi connectivity index (χ0) is 21.8. The lowest BCUT2D eigenvalue weighted by molar-refractivity contribution is 0.0237. The molecule has 1 aromatic heterocycles. The molecule has 30 heavy (non-hydrogen) atoms. The van der Waals surface area contributed by atoms with Crippen LogP contribution in [0.25, 0.3) is 0 Å². The second-order valence-corrected chi connectivity index (χ2v) is 9.10. The van der Waals surface area contributed by atoms with E-state index in [1.807, 2.05) is 44.4 Å². The zero-order valence-corrected chi connectivity index (χ0v) is 22.1. The van der Waals surface area contributed by atoms with Crippen molar-refractivity contribution >= 4 is 36.0 Å². The lowest BCUT2D eigenvalue weighted by Crippen LogP contribution is -2.45. The number of halogens is 1. The van der Waals surface area contributed by atoms with E-state index in [1.165, 1.54) is 5.56 Å². The van der Waals surface area contributed by atoms with Gasteiger partial charge in [-0.05, 0) is 39.5 Å². The first-order valence-corrected chi connectivity index (χ1v) is 10.5. The number of amides is 1. The number of nitrogens with zero attached hydrogens (tertiary/aromatic N) is 5. The summed E-state index contributed by atoms with van der Waals surface area (Å²) in [5.74, 6) is 1.17. The summed E-state index contributed by atoms with van der Waals surface area (Å²) < 4.78 is 7.42. The Balaban J connectivity index is 0.00000450. The molecule has 1 amide bonds. The first kappa shape index (κ1) is 26.5. The van der Waals surface area contributed by atoms with Gasteiger partial charge >= 0.3 is 6.09 Å². The van der Waals surface area contributed by atoms with Crippen molar-refractivity contribution in [1.29, 1.82) is 0 Å². The van der Waals surface area contributed by atoms with Gasteiger partial charge in [0.25, 0.3) is 0 Å². The predicted octanol–water partition coefficient (Wildman–Crippen LogP) is 3.57. The van der Waals surface area contributed by atoms with Gasteiger partial charge in [0.1, 0.15) is 5.60 Å². The minimum absolute atomic E-state index is 0. The van der Waals surface area contributed by atoms with Crippen molar-refractivity contribution < 1.29 is 9.53 Å². The first-order valence-electron chi connectivity index (χ1n) is 10.5. The fraction of sp³-hybridized carbons (Fsp3) is 0.762. The Kier molecular flexibility index (Phi) is 9.90. The topological polar surface area (TPSA) is 75.0 Å². The summed E-state index contributed by atoms with van der Waals surface area (Å²) in [5.41, 5.74) is 1.83. The van der Waals surface area contributed by atoms with E-state index >= 15 is 0 Å². The van der Waals surface area contributed by atoms with Crippen LogP contribution < -0.4 is 5.32 Å². The maximum atomic E-state index is 12.5. The minimum atomic E-state index is -0.480. The second kappa shape index (κ2) is 11.2. The molecule has 9 heteroatoms. The predicted molar refractivity (Wildman–Crippen MR) is 132 cm³/mol. The summed E-state index contributed by atoms with van der Waals surface area (Å²) in [7, 11) is 5.74. The van der Waals surface area contributed by atoms with Gasteiger partial charge in [0.15, 0.2) is 5.96 Å². The number of aliphatic imine (C=N–C) groups is 1. The van der Waals surface area contributed by atoms with Crippen LogP contribution in [0.15, 0.2) is 11.2 Å². The van der Waals surface area contributed by atoms with E-state index < -0.39 is 5.60 Å². The fourth-order valence-corrected chi connectivity index (χ4v) is 3.30. The maximum Gasteiger partial charge on any atom is 0.410 e. The molecule has 1 saturated carbocycles. The molecular weight excluding hydrogens is 495 g/mol. The normalized spacial score (nSPS) is 14.4. The van der Waals surface area contributed by atoms with E-state index in [0.29, 0.717) is 25.0 Å². The SMILES string of the molecule is CN=C(NCCN(C(=O)OC(C)(C)C)C1CC1)N(C)Cc1cn(C)nc1C(C)C.I. The van der Waals surface area contributed by atoms with Gasteiger partial charge in [-0.2, -0.15) is 5.10 Å². The number of carbonyl (C=O) groups excluding carboxylic acids is 1. The number of ether oxygens (including phenoxy) is 1. The van der Waals surface area contributed by atoms with Crippen molar-refractivity contribution in [1.82, 2.24) is 24.9 Å². The van der Waals surface area contributed by atoms with Crippen molar-refractivity contribution in [2.75, 3.05) is 27.2 Å². The van der Waals surface area contributed by atoms with E-state index in [-0.39, 0.29) is 30.1 Å². The van der Waals surface area contributed by atoms with Crippen LogP contribution in [0.3, 0.4) is 0 Å². The van der Waals surface area contributed by atoms with Crippen molar-refractivity contribution in [3.8, 4) is 0 Å². The molecule has 0 aliphatic heterocycles. The largest absolute Gasteiger partial charge is 0.444 e. The monoisotopic (exact) mass is 534 g/mol. The van der Waals surface area contributed by atoms with Gasteiger partial charge in [0.2, 0.25) is 0 Å².